The highest BCUT2D eigenvalue weighted by atomic mass is 79.9. The van der Waals surface area contributed by atoms with Gasteiger partial charge in [-0.1, -0.05) is 6.07 Å². The Morgan fingerprint density at radius 2 is 1.96 bits per heavy atom. The Labute approximate surface area is 152 Å². The van der Waals surface area contributed by atoms with Gasteiger partial charge in [0.1, 0.15) is 5.75 Å². The molecule has 1 heterocycles. The molecule has 1 fully saturated rings. The number of piperazine rings is 1. The van der Waals surface area contributed by atoms with Gasteiger partial charge in [0, 0.05) is 39.6 Å². The van der Waals surface area contributed by atoms with Crippen LogP contribution < -0.4 is 10.1 Å². The van der Waals surface area contributed by atoms with E-state index in [1.54, 1.807) is 14.0 Å². The SMILES string of the molecule is CCNC(=NCc1ccc(OC)c(Br)c1)N1CCN(C(C)=O)CC1. The summed E-state index contributed by atoms with van der Waals surface area (Å²) in [6.07, 6.45) is 0. The van der Waals surface area contributed by atoms with Crippen molar-refractivity contribution in [3.8, 4) is 5.75 Å². The number of aliphatic imine (C=N–C) groups is 1. The molecule has 7 heteroatoms. The highest BCUT2D eigenvalue weighted by Gasteiger charge is 2.20. The Bertz CT molecular complexity index is 598. The lowest BCUT2D eigenvalue weighted by molar-refractivity contribution is -0.130. The summed E-state index contributed by atoms with van der Waals surface area (Å²) in [5, 5.41) is 3.34. The van der Waals surface area contributed by atoms with Gasteiger partial charge in [-0.05, 0) is 40.5 Å². The van der Waals surface area contributed by atoms with E-state index in [1.807, 2.05) is 23.1 Å². The van der Waals surface area contributed by atoms with Gasteiger partial charge in [-0.15, -0.1) is 0 Å². The van der Waals surface area contributed by atoms with E-state index in [9.17, 15) is 4.79 Å². The molecule has 1 aliphatic rings. The summed E-state index contributed by atoms with van der Waals surface area (Å²) in [5.41, 5.74) is 1.11. The number of carbonyl (C=O) groups is 1. The van der Waals surface area contributed by atoms with Gasteiger partial charge < -0.3 is 19.9 Å². The average Bonchev–Trinajstić information content (AvgIpc) is 2.59. The summed E-state index contributed by atoms with van der Waals surface area (Å²) >= 11 is 3.50. The Kier molecular flexibility index (Phi) is 6.90. The van der Waals surface area contributed by atoms with E-state index in [-0.39, 0.29) is 5.91 Å². The van der Waals surface area contributed by atoms with Gasteiger partial charge in [-0.2, -0.15) is 0 Å². The Morgan fingerprint density at radius 3 is 2.50 bits per heavy atom. The fraction of sp³-hybridized carbons (Fsp3) is 0.529. The lowest BCUT2D eigenvalue weighted by Crippen LogP contribution is -2.53. The zero-order valence-electron chi connectivity index (χ0n) is 14.5. The second-order valence-electron chi connectivity index (χ2n) is 5.63. The second kappa shape index (κ2) is 8.92. The molecule has 1 aliphatic heterocycles. The van der Waals surface area contributed by atoms with E-state index < -0.39 is 0 Å². The minimum atomic E-state index is 0.139. The molecule has 1 saturated heterocycles. The number of guanidine groups is 1. The number of methoxy groups -OCH3 is 1. The van der Waals surface area contributed by atoms with Gasteiger partial charge in [0.2, 0.25) is 5.91 Å². The third kappa shape index (κ3) is 4.87. The van der Waals surface area contributed by atoms with Gasteiger partial charge in [-0.3, -0.25) is 4.79 Å². The molecule has 0 bridgehead atoms. The topological polar surface area (TPSA) is 57.2 Å². The Balaban J connectivity index is 2.03. The Hall–Kier alpha value is -1.76. The lowest BCUT2D eigenvalue weighted by atomic mass is 10.2. The molecule has 0 saturated carbocycles. The molecular formula is C17H25BrN4O2. The number of carbonyl (C=O) groups excluding carboxylic acids is 1. The van der Waals surface area contributed by atoms with Crippen molar-refractivity contribution in [2.75, 3.05) is 39.8 Å². The molecule has 0 radical (unpaired) electrons. The predicted molar refractivity (Wildman–Crippen MR) is 99.3 cm³/mol. The molecule has 1 aromatic rings. The van der Waals surface area contributed by atoms with Crippen LogP contribution in [0, 0.1) is 0 Å². The average molecular weight is 397 g/mol. The molecule has 0 spiro atoms. The van der Waals surface area contributed by atoms with E-state index in [0.29, 0.717) is 6.54 Å². The summed E-state index contributed by atoms with van der Waals surface area (Å²) in [6.45, 7) is 8.19. The van der Waals surface area contributed by atoms with Crippen LogP contribution in [-0.4, -0.2) is 61.5 Å². The largest absolute Gasteiger partial charge is 0.496 e. The van der Waals surface area contributed by atoms with Gasteiger partial charge in [0.25, 0.3) is 0 Å². The molecule has 2 rings (SSSR count). The predicted octanol–water partition coefficient (Wildman–Crippen LogP) is 2.09. The van der Waals surface area contributed by atoms with Crippen molar-refractivity contribution in [2.45, 2.75) is 20.4 Å². The maximum absolute atomic E-state index is 11.4. The molecular weight excluding hydrogens is 372 g/mol. The Morgan fingerprint density at radius 1 is 1.29 bits per heavy atom. The normalized spacial score (nSPS) is 15.4. The number of hydrogen-bond donors (Lipinski definition) is 1. The molecule has 0 unspecified atom stereocenters. The van der Waals surface area contributed by atoms with Crippen LogP contribution in [0.4, 0.5) is 0 Å². The van der Waals surface area contributed by atoms with Crippen LogP contribution in [0.2, 0.25) is 0 Å². The van der Waals surface area contributed by atoms with Crippen LogP contribution in [0.3, 0.4) is 0 Å². The number of hydrogen-bond acceptors (Lipinski definition) is 3. The minimum Gasteiger partial charge on any atom is -0.496 e. The summed E-state index contributed by atoms with van der Waals surface area (Å²) in [6, 6.07) is 5.98. The molecule has 0 aromatic heterocycles. The lowest BCUT2D eigenvalue weighted by Gasteiger charge is -2.36. The van der Waals surface area contributed by atoms with Crippen LogP contribution in [0.15, 0.2) is 27.7 Å². The third-order valence-corrected chi connectivity index (χ3v) is 4.61. The first-order valence-electron chi connectivity index (χ1n) is 8.16. The number of halogens is 1. The second-order valence-corrected chi connectivity index (χ2v) is 6.49. The van der Waals surface area contributed by atoms with E-state index in [1.165, 1.54) is 0 Å². The molecule has 6 nitrogen and oxygen atoms in total. The van der Waals surface area contributed by atoms with E-state index in [2.05, 4.69) is 33.1 Å². The summed E-state index contributed by atoms with van der Waals surface area (Å²) in [5.74, 6) is 1.85. The van der Waals surface area contributed by atoms with Crippen molar-refractivity contribution < 1.29 is 9.53 Å². The first-order chi connectivity index (χ1) is 11.5. The summed E-state index contributed by atoms with van der Waals surface area (Å²) < 4.78 is 6.18. The standard InChI is InChI=1S/C17H25BrN4O2/c1-4-19-17(22-9-7-21(8-10-22)13(2)23)20-12-14-5-6-16(24-3)15(18)11-14/h5-6,11H,4,7-10,12H2,1-3H3,(H,19,20). The number of benzene rings is 1. The fourth-order valence-electron chi connectivity index (χ4n) is 2.63. The van der Waals surface area contributed by atoms with Crippen LogP contribution in [0.5, 0.6) is 5.75 Å². The molecule has 1 N–H and O–H groups in total. The monoisotopic (exact) mass is 396 g/mol. The number of nitrogens with one attached hydrogen (secondary N) is 1. The van der Waals surface area contributed by atoms with E-state index in [4.69, 9.17) is 9.73 Å². The van der Waals surface area contributed by atoms with Gasteiger partial charge >= 0.3 is 0 Å². The first-order valence-corrected chi connectivity index (χ1v) is 8.95. The van der Waals surface area contributed by atoms with Crippen LogP contribution in [0.1, 0.15) is 19.4 Å². The zero-order chi connectivity index (χ0) is 17.5. The van der Waals surface area contributed by atoms with Gasteiger partial charge in [0.15, 0.2) is 5.96 Å². The van der Waals surface area contributed by atoms with Crippen LogP contribution in [0.25, 0.3) is 0 Å². The van der Waals surface area contributed by atoms with Crippen molar-refractivity contribution in [3.63, 3.8) is 0 Å². The van der Waals surface area contributed by atoms with Crippen molar-refractivity contribution in [2.24, 2.45) is 4.99 Å². The van der Waals surface area contributed by atoms with Crippen LogP contribution in [-0.2, 0) is 11.3 Å². The van der Waals surface area contributed by atoms with Crippen molar-refractivity contribution in [3.05, 3.63) is 28.2 Å². The quantitative estimate of drug-likeness (QED) is 0.625. The van der Waals surface area contributed by atoms with E-state index in [0.717, 1.165) is 54.5 Å². The molecule has 0 aliphatic carbocycles. The fourth-order valence-corrected chi connectivity index (χ4v) is 3.22. The smallest absolute Gasteiger partial charge is 0.219 e. The van der Waals surface area contributed by atoms with Crippen molar-refractivity contribution in [1.82, 2.24) is 15.1 Å². The highest BCUT2D eigenvalue weighted by molar-refractivity contribution is 9.10. The number of nitrogens with zero attached hydrogens (tertiary/aromatic N) is 3. The minimum absolute atomic E-state index is 0.139. The van der Waals surface area contributed by atoms with Gasteiger partial charge in [-0.25, -0.2) is 4.99 Å². The zero-order valence-corrected chi connectivity index (χ0v) is 16.1. The van der Waals surface area contributed by atoms with Crippen molar-refractivity contribution >= 4 is 27.8 Å². The molecule has 1 aromatic carbocycles. The maximum Gasteiger partial charge on any atom is 0.219 e. The number of ether oxygens (including phenoxy) is 1. The third-order valence-electron chi connectivity index (χ3n) is 3.99. The molecule has 132 valence electrons. The van der Waals surface area contributed by atoms with Crippen molar-refractivity contribution in [1.29, 1.82) is 0 Å². The summed E-state index contributed by atoms with van der Waals surface area (Å²) in [4.78, 5) is 20.3. The number of amides is 1. The van der Waals surface area contributed by atoms with Gasteiger partial charge in [0.05, 0.1) is 18.1 Å². The molecule has 1 amide bonds. The highest BCUT2D eigenvalue weighted by Crippen LogP contribution is 2.25. The molecule has 0 atom stereocenters. The molecule has 24 heavy (non-hydrogen) atoms. The van der Waals surface area contributed by atoms with Crippen LogP contribution >= 0.6 is 15.9 Å². The van der Waals surface area contributed by atoms with E-state index >= 15 is 0 Å². The first kappa shape index (κ1) is 18.6. The number of rotatable bonds is 4. The summed E-state index contributed by atoms with van der Waals surface area (Å²) in [7, 11) is 1.65. The maximum atomic E-state index is 11.4.